The molecule has 0 saturated heterocycles. The van der Waals surface area contributed by atoms with Gasteiger partial charge in [0.25, 0.3) is 0 Å². The molecule has 0 fully saturated rings. The first-order valence-electron chi connectivity index (χ1n) is 14.7. The standard InChI is InChI=1S/C20H16NO.C20H18N.Ir/c1-13(2)14-10-11-21-18(12-14)17-8-5-7-16-15-6-3-4-9-19(15)22-20(16)17;1-15-8-10-18(11-9-15)20-13-19(16(2)14-21-20)12-17-6-4-3-5-7-17;/h3-7,9-13H,1-2H3;3-10,13-14H,12H2,1-2H3;/q2*-1;. The molecule has 0 bridgehead atoms. The number of nitrogens with zero attached hydrogens (tertiary/aromatic N) is 2. The van der Waals surface area contributed by atoms with Crippen LogP contribution < -0.4 is 0 Å². The summed E-state index contributed by atoms with van der Waals surface area (Å²) in [6.45, 7) is 8.56. The summed E-state index contributed by atoms with van der Waals surface area (Å²) in [5.74, 6) is 0.469. The maximum atomic E-state index is 6.07. The molecular weight excluding hydrogens is 717 g/mol. The molecule has 0 N–H and O–H groups in total. The van der Waals surface area contributed by atoms with Crippen molar-refractivity contribution in [3.05, 3.63) is 155 Å². The van der Waals surface area contributed by atoms with Crippen molar-refractivity contribution in [1.29, 1.82) is 0 Å². The van der Waals surface area contributed by atoms with Crippen LogP contribution in [-0.4, -0.2) is 9.97 Å². The average molecular weight is 751 g/mol. The zero-order valence-electron chi connectivity index (χ0n) is 25.4. The Morgan fingerprint density at radius 2 is 1.57 bits per heavy atom. The first-order chi connectivity index (χ1) is 21.0. The molecule has 4 heteroatoms. The third-order valence-electron chi connectivity index (χ3n) is 7.74. The predicted molar refractivity (Wildman–Crippen MR) is 177 cm³/mol. The van der Waals surface area contributed by atoms with Crippen LogP contribution in [0, 0.1) is 26.0 Å². The second-order valence-corrected chi connectivity index (χ2v) is 11.3. The zero-order chi connectivity index (χ0) is 29.8. The summed E-state index contributed by atoms with van der Waals surface area (Å²) in [5, 5.41) is 2.24. The number of furan rings is 1. The van der Waals surface area contributed by atoms with Crippen molar-refractivity contribution in [3.8, 4) is 22.5 Å². The van der Waals surface area contributed by atoms with Crippen molar-refractivity contribution in [2.24, 2.45) is 0 Å². The summed E-state index contributed by atoms with van der Waals surface area (Å²) in [6, 6.07) is 41.8. The maximum absolute atomic E-state index is 6.07. The molecule has 3 aromatic heterocycles. The fraction of sp³-hybridized carbons (Fsp3) is 0.150. The number of aromatic nitrogens is 2. The van der Waals surface area contributed by atoms with Crippen molar-refractivity contribution in [3.63, 3.8) is 0 Å². The number of rotatable bonds is 5. The molecule has 4 aromatic carbocycles. The summed E-state index contributed by atoms with van der Waals surface area (Å²) in [6.07, 6.45) is 4.76. The Kier molecular flexibility index (Phi) is 9.85. The van der Waals surface area contributed by atoms with Gasteiger partial charge in [-0.15, -0.1) is 53.6 Å². The smallest absolute Gasteiger partial charge is 0.120 e. The molecule has 44 heavy (non-hydrogen) atoms. The van der Waals surface area contributed by atoms with Crippen LogP contribution in [0.15, 0.2) is 120 Å². The van der Waals surface area contributed by atoms with Crippen LogP contribution in [0.2, 0.25) is 0 Å². The fourth-order valence-corrected chi connectivity index (χ4v) is 5.20. The van der Waals surface area contributed by atoms with E-state index in [4.69, 9.17) is 4.42 Å². The molecule has 221 valence electrons. The van der Waals surface area contributed by atoms with E-state index in [-0.39, 0.29) is 20.1 Å². The molecule has 7 rings (SSSR count). The molecule has 0 aliphatic rings. The summed E-state index contributed by atoms with van der Waals surface area (Å²) < 4.78 is 6.07. The van der Waals surface area contributed by atoms with E-state index in [1.54, 1.807) is 0 Å². The predicted octanol–water partition coefficient (Wildman–Crippen LogP) is 10.3. The van der Waals surface area contributed by atoms with Gasteiger partial charge >= 0.3 is 0 Å². The minimum atomic E-state index is 0. The average Bonchev–Trinajstić information content (AvgIpc) is 3.42. The van der Waals surface area contributed by atoms with Crippen molar-refractivity contribution >= 4 is 21.9 Å². The van der Waals surface area contributed by atoms with Crippen molar-refractivity contribution in [1.82, 2.24) is 9.97 Å². The van der Waals surface area contributed by atoms with E-state index in [2.05, 4.69) is 123 Å². The van der Waals surface area contributed by atoms with Crippen LogP contribution in [0.1, 0.15) is 47.6 Å². The van der Waals surface area contributed by atoms with Crippen molar-refractivity contribution < 1.29 is 24.5 Å². The van der Waals surface area contributed by atoms with Crippen LogP contribution in [-0.2, 0) is 26.5 Å². The molecule has 0 atom stereocenters. The number of hydrogen-bond acceptors (Lipinski definition) is 3. The van der Waals surface area contributed by atoms with Gasteiger partial charge in [0.1, 0.15) is 5.58 Å². The van der Waals surface area contributed by atoms with Crippen LogP contribution in [0.3, 0.4) is 0 Å². The molecule has 0 spiro atoms. The number of para-hydroxylation sites is 1. The third kappa shape index (κ3) is 6.89. The second kappa shape index (κ2) is 13.9. The molecule has 7 aromatic rings. The third-order valence-corrected chi connectivity index (χ3v) is 7.74. The van der Waals surface area contributed by atoms with Gasteiger partial charge in [-0.1, -0.05) is 97.9 Å². The first-order valence-corrected chi connectivity index (χ1v) is 14.7. The number of hydrogen-bond donors (Lipinski definition) is 0. The quantitative estimate of drug-likeness (QED) is 0.165. The van der Waals surface area contributed by atoms with Crippen LogP contribution >= 0.6 is 0 Å². The molecule has 3 nitrogen and oxygen atoms in total. The van der Waals surface area contributed by atoms with E-state index in [1.807, 2.05) is 42.7 Å². The van der Waals surface area contributed by atoms with Gasteiger partial charge in [0.2, 0.25) is 0 Å². The van der Waals surface area contributed by atoms with Gasteiger partial charge in [0, 0.05) is 37.9 Å². The Morgan fingerprint density at radius 1 is 0.773 bits per heavy atom. The molecule has 0 aliphatic carbocycles. The van der Waals surface area contributed by atoms with Gasteiger partial charge in [0.15, 0.2) is 0 Å². The number of benzene rings is 4. The van der Waals surface area contributed by atoms with Gasteiger partial charge < -0.3 is 14.4 Å². The molecule has 0 unspecified atom stereocenters. The topological polar surface area (TPSA) is 38.9 Å². The number of pyridine rings is 2. The Balaban J connectivity index is 0.000000171. The molecular formula is C40H34IrN2O-2. The number of aryl methyl sites for hydroxylation is 2. The minimum Gasteiger partial charge on any atom is -0.501 e. The Labute approximate surface area is 273 Å². The molecule has 0 saturated carbocycles. The van der Waals surface area contributed by atoms with E-state index >= 15 is 0 Å². The Morgan fingerprint density at radius 3 is 2.34 bits per heavy atom. The van der Waals surface area contributed by atoms with E-state index in [0.717, 1.165) is 50.9 Å². The summed E-state index contributed by atoms with van der Waals surface area (Å²) in [5.41, 5.74) is 12.0. The first kappa shape index (κ1) is 31.1. The van der Waals surface area contributed by atoms with E-state index < -0.39 is 0 Å². The molecule has 0 aliphatic heterocycles. The van der Waals surface area contributed by atoms with Gasteiger partial charge in [-0.3, -0.25) is 0 Å². The van der Waals surface area contributed by atoms with Crippen molar-refractivity contribution in [2.75, 3.05) is 0 Å². The maximum Gasteiger partial charge on any atom is 0.120 e. The van der Waals surface area contributed by atoms with Crippen LogP contribution in [0.25, 0.3) is 44.5 Å². The van der Waals surface area contributed by atoms with Gasteiger partial charge in [-0.2, -0.15) is 0 Å². The Bertz CT molecular complexity index is 1990. The van der Waals surface area contributed by atoms with E-state index in [1.165, 1.54) is 27.8 Å². The van der Waals surface area contributed by atoms with Gasteiger partial charge in [0.05, 0.1) is 5.58 Å². The van der Waals surface area contributed by atoms with Gasteiger partial charge in [-0.05, 0) is 59.5 Å². The molecule has 0 amide bonds. The Hall–Kier alpha value is -4.37. The molecule has 3 heterocycles. The summed E-state index contributed by atoms with van der Waals surface area (Å²) in [4.78, 5) is 9.07. The zero-order valence-corrected chi connectivity index (χ0v) is 27.8. The fourth-order valence-electron chi connectivity index (χ4n) is 5.20. The number of fused-ring (bicyclic) bond motifs is 3. The summed E-state index contributed by atoms with van der Waals surface area (Å²) >= 11 is 0. The van der Waals surface area contributed by atoms with Crippen molar-refractivity contribution in [2.45, 2.75) is 40.0 Å². The van der Waals surface area contributed by atoms with E-state index in [9.17, 15) is 0 Å². The largest absolute Gasteiger partial charge is 0.501 e. The van der Waals surface area contributed by atoms with Crippen LogP contribution in [0.5, 0.6) is 0 Å². The minimum absolute atomic E-state index is 0. The summed E-state index contributed by atoms with van der Waals surface area (Å²) in [7, 11) is 0. The second-order valence-electron chi connectivity index (χ2n) is 11.3. The monoisotopic (exact) mass is 751 g/mol. The normalized spacial score (nSPS) is 10.8. The van der Waals surface area contributed by atoms with E-state index in [0.29, 0.717) is 5.92 Å². The molecule has 1 radical (unpaired) electrons. The van der Waals surface area contributed by atoms with Gasteiger partial charge in [-0.25, -0.2) is 0 Å². The SMILES string of the molecule is CC(C)c1ccnc(-c2[c-]ccc3c2oc2ccccc23)c1.Cc1c[c-]c(-c2cc(Cc3ccccc3)c(C)cn2)cc1.[Ir]. The van der Waals surface area contributed by atoms with Crippen LogP contribution in [0.4, 0.5) is 0 Å².